The third-order valence-corrected chi connectivity index (χ3v) is 7.54. The van der Waals surface area contributed by atoms with Crippen molar-refractivity contribution in [2.24, 2.45) is 5.92 Å². The van der Waals surface area contributed by atoms with Crippen LogP contribution in [0.2, 0.25) is 0 Å². The molecule has 3 N–H and O–H groups in total. The van der Waals surface area contributed by atoms with Gasteiger partial charge in [0.1, 0.15) is 18.1 Å². The molecule has 41 heavy (non-hydrogen) atoms. The van der Waals surface area contributed by atoms with Crippen molar-refractivity contribution in [2.45, 2.75) is 71.6 Å². The van der Waals surface area contributed by atoms with Crippen molar-refractivity contribution >= 4 is 29.6 Å². The molecule has 0 saturated heterocycles. The maximum atomic E-state index is 13.3. The van der Waals surface area contributed by atoms with E-state index < -0.39 is 0 Å². The van der Waals surface area contributed by atoms with Crippen LogP contribution in [0.15, 0.2) is 66.7 Å². The van der Waals surface area contributed by atoms with Gasteiger partial charge in [-0.2, -0.15) is 0 Å². The van der Waals surface area contributed by atoms with E-state index in [0.29, 0.717) is 46.3 Å². The van der Waals surface area contributed by atoms with Crippen LogP contribution in [-0.4, -0.2) is 30.4 Å². The van der Waals surface area contributed by atoms with Gasteiger partial charge in [0.25, 0.3) is 11.8 Å². The molecule has 3 atom stereocenters. The van der Waals surface area contributed by atoms with Crippen LogP contribution in [-0.2, 0) is 11.4 Å². The highest BCUT2D eigenvalue weighted by molar-refractivity contribution is 6.06. The summed E-state index contributed by atoms with van der Waals surface area (Å²) in [5, 5.41) is 8.70. The molecule has 216 valence electrons. The molecule has 0 aliphatic heterocycles. The van der Waals surface area contributed by atoms with Crippen LogP contribution in [0.4, 0.5) is 11.4 Å². The number of nitrogens with one attached hydrogen (secondary N) is 3. The number of anilines is 2. The maximum Gasteiger partial charge on any atom is 0.255 e. The predicted octanol–water partition coefficient (Wildman–Crippen LogP) is 6.57. The van der Waals surface area contributed by atoms with E-state index in [1.807, 2.05) is 44.2 Å². The number of hydrogen-bond acceptors (Lipinski definition) is 5. The molecule has 1 aliphatic carbocycles. The summed E-state index contributed by atoms with van der Waals surface area (Å²) in [6.07, 6.45) is 5.48. The van der Waals surface area contributed by atoms with Gasteiger partial charge < -0.3 is 25.4 Å². The standard InChI is InChI=1S/C33H39N3O5/c1-4-22(3)41-31-19-26(32(38)35-27-14-11-23(5-2)17-27)13-16-29(31)36-33(39)25-12-15-28(34-21-37)30(18-25)40-20-24-9-7-6-8-10-24/h6-10,12-13,15-16,18-19,21-23,27H,4-5,11,14,17,20H2,1-3H3,(H,34,37)(H,35,38)(H,36,39). The second-order valence-corrected chi connectivity index (χ2v) is 10.5. The normalized spacial score (nSPS) is 16.9. The first-order valence-electron chi connectivity index (χ1n) is 14.3. The summed E-state index contributed by atoms with van der Waals surface area (Å²) in [6, 6.07) is 19.7. The number of carbonyl (C=O) groups excluding carboxylic acids is 3. The first kappa shape index (κ1) is 29.6. The quantitative estimate of drug-likeness (QED) is 0.206. The van der Waals surface area contributed by atoms with Crippen LogP contribution < -0.4 is 25.4 Å². The van der Waals surface area contributed by atoms with E-state index >= 15 is 0 Å². The van der Waals surface area contributed by atoms with E-state index in [1.165, 1.54) is 0 Å². The van der Waals surface area contributed by atoms with Crippen LogP contribution in [0, 0.1) is 5.92 Å². The largest absolute Gasteiger partial charge is 0.489 e. The molecular formula is C33H39N3O5. The maximum absolute atomic E-state index is 13.3. The lowest BCUT2D eigenvalue weighted by atomic mass is 10.1. The lowest BCUT2D eigenvalue weighted by Gasteiger charge is -2.19. The van der Waals surface area contributed by atoms with Gasteiger partial charge in [0, 0.05) is 17.2 Å². The Morgan fingerprint density at radius 3 is 2.32 bits per heavy atom. The summed E-state index contributed by atoms with van der Waals surface area (Å²) in [7, 11) is 0. The van der Waals surface area contributed by atoms with E-state index in [-0.39, 0.29) is 30.6 Å². The van der Waals surface area contributed by atoms with Gasteiger partial charge in [-0.25, -0.2) is 0 Å². The minimum absolute atomic E-state index is 0.115. The van der Waals surface area contributed by atoms with Crippen molar-refractivity contribution in [1.82, 2.24) is 5.32 Å². The monoisotopic (exact) mass is 557 g/mol. The number of rotatable bonds is 13. The number of carbonyl (C=O) groups is 3. The van der Waals surface area contributed by atoms with Crippen molar-refractivity contribution in [3.05, 3.63) is 83.4 Å². The summed E-state index contributed by atoms with van der Waals surface area (Å²) < 4.78 is 12.1. The van der Waals surface area contributed by atoms with E-state index in [0.717, 1.165) is 37.7 Å². The Morgan fingerprint density at radius 2 is 1.63 bits per heavy atom. The smallest absolute Gasteiger partial charge is 0.255 e. The Labute approximate surface area is 241 Å². The fraction of sp³-hybridized carbons (Fsp3) is 0.364. The Balaban J connectivity index is 1.52. The minimum Gasteiger partial charge on any atom is -0.489 e. The first-order chi connectivity index (χ1) is 19.9. The molecule has 3 aromatic rings. The molecule has 3 aromatic carbocycles. The second kappa shape index (κ2) is 14.3. The second-order valence-electron chi connectivity index (χ2n) is 10.5. The first-order valence-corrected chi connectivity index (χ1v) is 14.3. The van der Waals surface area contributed by atoms with Crippen LogP contribution in [0.25, 0.3) is 0 Å². The SMILES string of the molecule is CCC1CCC(NC(=O)c2ccc(NC(=O)c3ccc(NC=O)c(OCc4ccccc4)c3)c(OC(C)CC)c2)C1. The van der Waals surface area contributed by atoms with Crippen LogP contribution >= 0.6 is 0 Å². The van der Waals surface area contributed by atoms with Gasteiger partial charge in [-0.05, 0) is 80.5 Å². The Kier molecular flexibility index (Phi) is 10.4. The molecule has 0 bridgehead atoms. The summed E-state index contributed by atoms with van der Waals surface area (Å²) in [5.41, 5.74) is 2.69. The van der Waals surface area contributed by atoms with Crippen molar-refractivity contribution in [3.63, 3.8) is 0 Å². The van der Waals surface area contributed by atoms with Crippen LogP contribution in [0.3, 0.4) is 0 Å². The highest BCUT2D eigenvalue weighted by atomic mass is 16.5. The molecular weight excluding hydrogens is 518 g/mol. The van der Waals surface area contributed by atoms with Crippen LogP contribution in [0.5, 0.6) is 11.5 Å². The summed E-state index contributed by atoms with van der Waals surface area (Å²) in [4.78, 5) is 37.5. The number of hydrogen-bond donors (Lipinski definition) is 3. The van der Waals surface area contributed by atoms with E-state index in [1.54, 1.807) is 36.4 Å². The molecule has 0 radical (unpaired) electrons. The van der Waals surface area contributed by atoms with Gasteiger partial charge in [-0.15, -0.1) is 0 Å². The molecule has 8 heteroatoms. The van der Waals surface area contributed by atoms with Crippen molar-refractivity contribution in [3.8, 4) is 11.5 Å². The minimum atomic E-state index is -0.380. The van der Waals surface area contributed by atoms with Gasteiger partial charge in [0.05, 0.1) is 17.5 Å². The lowest BCUT2D eigenvalue weighted by molar-refractivity contribution is -0.105. The van der Waals surface area contributed by atoms with E-state index in [2.05, 4.69) is 22.9 Å². The predicted molar refractivity (Wildman–Crippen MR) is 161 cm³/mol. The van der Waals surface area contributed by atoms with Crippen molar-refractivity contribution < 1.29 is 23.9 Å². The third-order valence-electron chi connectivity index (χ3n) is 7.54. The number of amides is 3. The van der Waals surface area contributed by atoms with Gasteiger partial charge in [0.2, 0.25) is 6.41 Å². The summed E-state index contributed by atoms with van der Waals surface area (Å²) in [5.74, 6) is 0.939. The highest BCUT2D eigenvalue weighted by Gasteiger charge is 2.25. The summed E-state index contributed by atoms with van der Waals surface area (Å²) >= 11 is 0. The number of ether oxygens (including phenoxy) is 2. The van der Waals surface area contributed by atoms with Gasteiger partial charge in [0.15, 0.2) is 0 Å². The average molecular weight is 558 g/mol. The molecule has 0 spiro atoms. The van der Waals surface area contributed by atoms with Crippen molar-refractivity contribution in [1.29, 1.82) is 0 Å². The molecule has 1 fully saturated rings. The zero-order valence-corrected chi connectivity index (χ0v) is 23.9. The van der Waals surface area contributed by atoms with Crippen molar-refractivity contribution in [2.75, 3.05) is 10.6 Å². The third kappa shape index (κ3) is 8.10. The van der Waals surface area contributed by atoms with Gasteiger partial charge in [-0.1, -0.05) is 50.6 Å². The Hall–Kier alpha value is -4.33. The zero-order chi connectivity index (χ0) is 29.2. The Bertz CT molecular complexity index is 1340. The van der Waals surface area contributed by atoms with Gasteiger partial charge in [-0.3, -0.25) is 14.4 Å². The summed E-state index contributed by atoms with van der Waals surface area (Å²) in [6.45, 7) is 6.41. The Morgan fingerprint density at radius 1 is 0.927 bits per heavy atom. The molecule has 1 saturated carbocycles. The molecule has 0 aromatic heterocycles. The van der Waals surface area contributed by atoms with Crippen LogP contribution in [0.1, 0.15) is 79.2 Å². The fourth-order valence-corrected chi connectivity index (χ4v) is 4.91. The molecule has 1 aliphatic rings. The molecule has 3 unspecified atom stereocenters. The highest BCUT2D eigenvalue weighted by Crippen LogP contribution is 2.31. The van der Waals surface area contributed by atoms with Gasteiger partial charge >= 0.3 is 0 Å². The topological polar surface area (TPSA) is 106 Å². The van der Waals surface area contributed by atoms with E-state index in [4.69, 9.17) is 9.47 Å². The number of benzene rings is 3. The molecule has 0 heterocycles. The fourth-order valence-electron chi connectivity index (χ4n) is 4.91. The zero-order valence-electron chi connectivity index (χ0n) is 23.9. The molecule has 3 amide bonds. The molecule has 4 rings (SSSR count). The van der Waals surface area contributed by atoms with E-state index in [9.17, 15) is 14.4 Å². The lowest BCUT2D eigenvalue weighted by Crippen LogP contribution is -2.33. The molecule has 8 nitrogen and oxygen atoms in total. The average Bonchev–Trinajstić information content (AvgIpc) is 3.45.